The minimum Gasteiger partial charge on any atom is -0.468 e. The molecule has 2 aliphatic rings. The van der Waals surface area contributed by atoms with Crippen LogP contribution in [0.3, 0.4) is 0 Å². The molecular weight excluding hydrogens is 376 g/mol. The van der Waals surface area contributed by atoms with E-state index in [1.807, 2.05) is 42.5 Å². The number of piperidine rings is 1. The van der Waals surface area contributed by atoms with Gasteiger partial charge in [0.05, 0.1) is 12.3 Å². The van der Waals surface area contributed by atoms with Gasteiger partial charge in [-0.3, -0.25) is 14.5 Å². The molecule has 1 unspecified atom stereocenters. The normalized spacial score (nSPS) is 16.7. The van der Waals surface area contributed by atoms with Gasteiger partial charge < -0.3 is 9.73 Å². The number of rotatable bonds is 5. The van der Waals surface area contributed by atoms with E-state index >= 15 is 0 Å². The zero-order valence-corrected chi connectivity index (χ0v) is 16.8. The Hall–Kier alpha value is -3.18. The number of carbonyl (C=O) groups excluding carboxylic acids is 2. The predicted octanol–water partition coefficient (Wildman–Crippen LogP) is 4.45. The molecule has 2 aromatic carbocycles. The van der Waals surface area contributed by atoms with Crippen LogP contribution in [0.1, 0.15) is 57.3 Å². The number of nitrogens with one attached hydrogen (secondary N) is 1. The highest BCUT2D eigenvalue weighted by Crippen LogP contribution is 2.36. The molecule has 1 aliphatic heterocycles. The molecule has 5 heteroatoms. The Morgan fingerprint density at radius 2 is 1.70 bits per heavy atom. The maximum atomic E-state index is 12.9. The van der Waals surface area contributed by atoms with E-state index in [1.54, 1.807) is 18.4 Å². The van der Waals surface area contributed by atoms with E-state index in [1.165, 1.54) is 19.3 Å². The summed E-state index contributed by atoms with van der Waals surface area (Å²) in [5, 5.41) is 3.06. The topological polar surface area (TPSA) is 62.6 Å². The fourth-order valence-electron chi connectivity index (χ4n) is 4.58. The molecular formula is C25H24N2O3. The molecule has 1 saturated heterocycles. The second kappa shape index (κ2) is 7.92. The van der Waals surface area contributed by atoms with Gasteiger partial charge in [-0.1, -0.05) is 36.8 Å². The number of ketones is 1. The number of amides is 1. The number of benzene rings is 2. The highest BCUT2D eigenvalue weighted by Gasteiger charge is 2.28. The van der Waals surface area contributed by atoms with Gasteiger partial charge in [-0.05, 0) is 61.3 Å². The SMILES string of the molecule is O=C(NCC(c1ccco1)N1CCCCC1)c1ccc2c(c1)C(=O)c1ccccc1-2. The highest BCUT2D eigenvalue weighted by atomic mass is 16.3. The summed E-state index contributed by atoms with van der Waals surface area (Å²) in [6.07, 6.45) is 5.26. The average Bonchev–Trinajstić information content (AvgIpc) is 3.42. The minimum absolute atomic E-state index is 0.0166. The molecule has 1 atom stereocenters. The third-order valence-electron chi connectivity index (χ3n) is 6.15. The van der Waals surface area contributed by atoms with Gasteiger partial charge in [-0.2, -0.15) is 0 Å². The molecule has 5 rings (SSSR count). The second-order valence-electron chi connectivity index (χ2n) is 7.97. The minimum atomic E-state index is -0.171. The first-order chi connectivity index (χ1) is 14.7. The van der Waals surface area contributed by atoms with Crippen LogP contribution in [0, 0.1) is 0 Å². The number of fused-ring (bicyclic) bond motifs is 3. The number of hydrogen-bond donors (Lipinski definition) is 1. The van der Waals surface area contributed by atoms with Gasteiger partial charge in [0.15, 0.2) is 5.78 Å². The molecule has 0 radical (unpaired) electrons. The summed E-state index contributed by atoms with van der Waals surface area (Å²) in [6.45, 7) is 2.48. The van der Waals surface area contributed by atoms with E-state index in [4.69, 9.17) is 4.42 Å². The first-order valence-electron chi connectivity index (χ1n) is 10.6. The van der Waals surface area contributed by atoms with Crippen molar-refractivity contribution in [2.24, 2.45) is 0 Å². The first kappa shape index (κ1) is 18.8. The fraction of sp³-hybridized carbons (Fsp3) is 0.280. The predicted molar refractivity (Wildman–Crippen MR) is 115 cm³/mol. The zero-order valence-electron chi connectivity index (χ0n) is 16.8. The van der Waals surface area contributed by atoms with Crippen molar-refractivity contribution in [3.05, 3.63) is 83.3 Å². The summed E-state index contributed by atoms with van der Waals surface area (Å²) < 4.78 is 5.66. The van der Waals surface area contributed by atoms with Gasteiger partial charge >= 0.3 is 0 Å². The van der Waals surface area contributed by atoms with E-state index in [0.717, 1.165) is 30.0 Å². The van der Waals surface area contributed by atoms with Crippen molar-refractivity contribution in [2.75, 3.05) is 19.6 Å². The summed E-state index contributed by atoms with van der Waals surface area (Å²) in [4.78, 5) is 28.0. The molecule has 152 valence electrons. The van der Waals surface area contributed by atoms with Crippen LogP contribution in [-0.4, -0.2) is 36.2 Å². The van der Waals surface area contributed by atoms with E-state index in [9.17, 15) is 9.59 Å². The van der Waals surface area contributed by atoms with E-state index < -0.39 is 0 Å². The maximum absolute atomic E-state index is 12.9. The van der Waals surface area contributed by atoms with Gasteiger partial charge in [-0.25, -0.2) is 0 Å². The molecule has 1 N–H and O–H groups in total. The Bertz CT molecular complexity index is 1080. The Morgan fingerprint density at radius 1 is 0.933 bits per heavy atom. The van der Waals surface area contributed by atoms with Crippen molar-refractivity contribution < 1.29 is 14.0 Å². The van der Waals surface area contributed by atoms with Gasteiger partial charge in [0.1, 0.15) is 5.76 Å². The lowest BCUT2D eigenvalue weighted by Crippen LogP contribution is -2.40. The van der Waals surface area contributed by atoms with Gasteiger partial charge in [0.2, 0.25) is 0 Å². The Labute approximate surface area is 175 Å². The van der Waals surface area contributed by atoms with E-state index in [0.29, 0.717) is 23.2 Å². The lowest BCUT2D eigenvalue weighted by Gasteiger charge is -2.33. The van der Waals surface area contributed by atoms with Crippen LogP contribution in [0.5, 0.6) is 0 Å². The number of likely N-dealkylation sites (tertiary alicyclic amines) is 1. The molecule has 1 amide bonds. The molecule has 30 heavy (non-hydrogen) atoms. The Kier molecular flexibility index (Phi) is 4.97. The van der Waals surface area contributed by atoms with Crippen LogP contribution < -0.4 is 5.32 Å². The van der Waals surface area contributed by atoms with Crippen molar-refractivity contribution in [3.8, 4) is 11.1 Å². The van der Waals surface area contributed by atoms with Gasteiger partial charge in [-0.15, -0.1) is 0 Å². The summed E-state index contributed by atoms with van der Waals surface area (Å²) in [7, 11) is 0. The van der Waals surface area contributed by atoms with Crippen LogP contribution in [0.25, 0.3) is 11.1 Å². The fourth-order valence-corrected chi connectivity index (χ4v) is 4.58. The largest absolute Gasteiger partial charge is 0.468 e. The lowest BCUT2D eigenvalue weighted by atomic mass is 10.0. The number of nitrogens with zero attached hydrogens (tertiary/aromatic N) is 1. The van der Waals surface area contributed by atoms with Crippen LogP contribution in [-0.2, 0) is 0 Å². The van der Waals surface area contributed by atoms with Crippen molar-refractivity contribution in [1.29, 1.82) is 0 Å². The molecule has 3 aromatic rings. The van der Waals surface area contributed by atoms with Crippen molar-refractivity contribution in [2.45, 2.75) is 25.3 Å². The standard InChI is InChI=1S/C25H24N2O3/c28-24-20-8-3-2-7-18(20)19-11-10-17(15-21(19)24)25(29)26-16-22(23-9-6-14-30-23)27-12-4-1-5-13-27/h2-3,6-11,14-15,22H,1,4-5,12-13,16H2,(H,26,29). The zero-order chi connectivity index (χ0) is 20.5. The first-order valence-corrected chi connectivity index (χ1v) is 10.6. The van der Waals surface area contributed by atoms with Crippen LogP contribution in [0.15, 0.2) is 65.3 Å². The van der Waals surface area contributed by atoms with Crippen molar-refractivity contribution in [3.63, 3.8) is 0 Å². The molecule has 0 spiro atoms. The van der Waals surface area contributed by atoms with E-state index in [-0.39, 0.29) is 17.7 Å². The van der Waals surface area contributed by atoms with E-state index in [2.05, 4.69) is 10.2 Å². The quantitative estimate of drug-likeness (QED) is 0.538. The molecule has 2 heterocycles. The van der Waals surface area contributed by atoms with Crippen LogP contribution >= 0.6 is 0 Å². The summed E-state index contributed by atoms with van der Waals surface area (Å²) in [5.41, 5.74) is 3.64. The van der Waals surface area contributed by atoms with Crippen molar-refractivity contribution >= 4 is 11.7 Å². The molecule has 1 fully saturated rings. The summed E-state index contributed by atoms with van der Waals surface area (Å²) >= 11 is 0. The smallest absolute Gasteiger partial charge is 0.251 e. The Balaban J connectivity index is 1.34. The summed E-state index contributed by atoms with van der Waals surface area (Å²) in [5.74, 6) is 0.684. The number of hydrogen-bond acceptors (Lipinski definition) is 4. The summed E-state index contributed by atoms with van der Waals surface area (Å²) in [6, 6.07) is 16.8. The lowest BCUT2D eigenvalue weighted by molar-refractivity contribution is 0.0914. The Morgan fingerprint density at radius 3 is 2.47 bits per heavy atom. The number of furan rings is 1. The maximum Gasteiger partial charge on any atom is 0.251 e. The van der Waals surface area contributed by atoms with Crippen LogP contribution in [0.2, 0.25) is 0 Å². The van der Waals surface area contributed by atoms with Gasteiger partial charge in [0.25, 0.3) is 5.91 Å². The third-order valence-corrected chi connectivity index (χ3v) is 6.15. The van der Waals surface area contributed by atoms with Gasteiger partial charge in [0, 0.05) is 23.2 Å². The molecule has 5 nitrogen and oxygen atoms in total. The second-order valence-corrected chi connectivity index (χ2v) is 7.97. The number of carbonyl (C=O) groups is 2. The molecule has 1 aliphatic carbocycles. The third kappa shape index (κ3) is 3.35. The highest BCUT2D eigenvalue weighted by molar-refractivity contribution is 6.22. The molecule has 1 aromatic heterocycles. The average molecular weight is 400 g/mol. The molecule has 0 saturated carbocycles. The molecule has 0 bridgehead atoms. The monoisotopic (exact) mass is 400 g/mol. The van der Waals surface area contributed by atoms with Crippen molar-refractivity contribution in [1.82, 2.24) is 10.2 Å². The van der Waals surface area contributed by atoms with Crippen LogP contribution in [0.4, 0.5) is 0 Å².